The minimum atomic E-state index is -0.198. The molecule has 1 aliphatic rings. The van der Waals surface area contributed by atoms with Crippen LogP contribution < -0.4 is 4.90 Å². The van der Waals surface area contributed by atoms with Crippen molar-refractivity contribution in [3.05, 3.63) is 77.0 Å². The fourth-order valence-corrected chi connectivity index (χ4v) is 3.49. The number of likely N-dealkylation sites (N-methyl/N-ethyl adjacent to an activating group) is 1. The van der Waals surface area contributed by atoms with Crippen molar-refractivity contribution in [1.29, 1.82) is 0 Å². The van der Waals surface area contributed by atoms with Gasteiger partial charge in [-0.2, -0.15) is 0 Å². The SMILES string of the molecule is CN1C(=O)[C@H](Cc2ccc(-c3ccccc3Cl)o2)c2ccccc21. The molecule has 24 heavy (non-hydrogen) atoms. The van der Waals surface area contributed by atoms with Gasteiger partial charge in [-0.15, -0.1) is 0 Å². The van der Waals surface area contributed by atoms with Gasteiger partial charge in [-0.3, -0.25) is 4.79 Å². The van der Waals surface area contributed by atoms with Gasteiger partial charge in [0.25, 0.3) is 0 Å². The fourth-order valence-electron chi connectivity index (χ4n) is 3.27. The molecule has 3 aromatic rings. The van der Waals surface area contributed by atoms with E-state index in [1.165, 1.54) is 0 Å². The number of nitrogens with zero attached hydrogens (tertiary/aromatic N) is 1. The summed E-state index contributed by atoms with van der Waals surface area (Å²) in [5, 5.41) is 0.653. The lowest BCUT2D eigenvalue weighted by atomic mass is 9.96. The van der Waals surface area contributed by atoms with E-state index in [4.69, 9.17) is 16.0 Å². The molecule has 4 rings (SSSR count). The van der Waals surface area contributed by atoms with E-state index in [2.05, 4.69) is 0 Å². The second-order valence-corrected chi connectivity index (χ2v) is 6.37. The standard InChI is InChI=1S/C20H16ClNO2/c1-22-18-9-5-3-6-14(18)16(20(22)23)12-13-10-11-19(24-13)15-7-2-4-8-17(15)21/h2-11,16H,12H2,1H3/t16-/m1/s1. The molecule has 0 radical (unpaired) electrons. The van der Waals surface area contributed by atoms with E-state index in [1.807, 2.05) is 67.7 Å². The minimum absolute atomic E-state index is 0.104. The molecule has 3 nitrogen and oxygen atoms in total. The molecule has 1 atom stereocenters. The van der Waals surface area contributed by atoms with Crippen LogP contribution in [-0.2, 0) is 11.2 Å². The molecule has 4 heteroatoms. The third kappa shape index (κ3) is 2.42. The second-order valence-electron chi connectivity index (χ2n) is 5.96. The number of fused-ring (bicyclic) bond motifs is 1. The predicted octanol–water partition coefficient (Wildman–Crippen LogP) is 4.90. The summed E-state index contributed by atoms with van der Waals surface area (Å²) in [7, 11) is 1.82. The molecular weight excluding hydrogens is 322 g/mol. The van der Waals surface area contributed by atoms with Gasteiger partial charge in [0.1, 0.15) is 11.5 Å². The van der Waals surface area contributed by atoms with Gasteiger partial charge in [0, 0.05) is 24.7 Å². The van der Waals surface area contributed by atoms with Crippen LogP contribution in [0, 0.1) is 0 Å². The Morgan fingerprint density at radius 1 is 1.04 bits per heavy atom. The van der Waals surface area contributed by atoms with Crippen molar-refractivity contribution in [3.63, 3.8) is 0 Å². The van der Waals surface area contributed by atoms with Crippen LogP contribution in [0.3, 0.4) is 0 Å². The molecule has 0 fully saturated rings. The van der Waals surface area contributed by atoms with Crippen LogP contribution >= 0.6 is 11.6 Å². The van der Waals surface area contributed by atoms with Crippen LogP contribution in [0.15, 0.2) is 65.1 Å². The van der Waals surface area contributed by atoms with Crippen LogP contribution in [0.1, 0.15) is 17.2 Å². The maximum atomic E-state index is 12.6. The van der Waals surface area contributed by atoms with Crippen molar-refractivity contribution in [1.82, 2.24) is 0 Å². The van der Waals surface area contributed by atoms with Gasteiger partial charge in [0.2, 0.25) is 5.91 Å². The van der Waals surface area contributed by atoms with E-state index < -0.39 is 0 Å². The normalized spacial score (nSPS) is 16.5. The zero-order valence-corrected chi connectivity index (χ0v) is 14.0. The maximum absolute atomic E-state index is 12.6. The zero-order chi connectivity index (χ0) is 16.7. The summed E-state index contributed by atoms with van der Waals surface area (Å²) in [5.74, 6) is 1.42. The van der Waals surface area contributed by atoms with E-state index in [0.29, 0.717) is 11.4 Å². The average molecular weight is 338 g/mol. The Kier molecular flexibility index (Phi) is 3.66. The summed E-state index contributed by atoms with van der Waals surface area (Å²) in [4.78, 5) is 14.3. The third-order valence-corrected chi connectivity index (χ3v) is 4.84. The summed E-state index contributed by atoms with van der Waals surface area (Å²) in [5.41, 5.74) is 2.90. The molecule has 2 aromatic carbocycles. The van der Waals surface area contributed by atoms with Gasteiger partial charge >= 0.3 is 0 Å². The summed E-state index contributed by atoms with van der Waals surface area (Å²) in [6.45, 7) is 0. The van der Waals surface area contributed by atoms with Crippen molar-refractivity contribution in [3.8, 4) is 11.3 Å². The smallest absolute Gasteiger partial charge is 0.234 e. The topological polar surface area (TPSA) is 33.5 Å². The van der Waals surface area contributed by atoms with Gasteiger partial charge in [0.05, 0.1) is 10.9 Å². The van der Waals surface area contributed by atoms with Gasteiger partial charge in [-0.25, -0.2) is 0 Å². The van der Waals surface area contributed by atoms with E-state index in [1.54, 1.807) is 4.90 Å². The minimum Gasteiger partial charge on any atom is -0.461 e. The van der Waals surface area contributed by atoms with Crippen LogP contribution in [0.25, 0.3) is 11.3 Å². The van der Waals surface area contributed by atoms with Crippen molar-refractivity contribution < 1.29 is 9.21 Å². The summed E-state index contributed by atoms with van der Waals surface area (Å²) >= 11 is 6.23. The number of halogens is 1. The first-order valence-electron chi connectivity index (χ1n) is 7.85. The number of para-hydroxylation sites is 1. The van der Waals surface area contributed by atoms with Crippen molar-refractivity contribution in [2.75, 3.05) is 11.9 Å². The number of hydrogen-bond acceptors (Lipinski definition) is 2. The Labute approximate surface area is 145 Å². The highest BCUT2D eigenvalue weighted by atomic mass is 35.5. The fraction of sp³-hybridized carbons (Fsp3) is 0.150. The molecule has 0 spiro atoms. The summed E-state index contributed by atoms with van der Waals surface area (Å²) in [6.07, 6.45) is 0.546. The first-order chi connectivity index (χ1) is 11.6. The third-order valence-electron chi connectivity index (χ3n) is 4.51. The molecule has 2 heterocycles. The Hall–Kier alpha value is -2.52. The van der Waals surface area contributed by atoms with Gasteiger partial charge in [0.15, 0.2) is 0 Å². The highest BCUT2D eigenvalue weighted by Crippen LogP contribution is 2.39. The molecule has 1 aliphatic heterocycles. The van der Waals surface area contributed by atoms with Crippen LogP contribution in [0.2, 0.25) is 5.02 Å². The van der Waals surface area contributed by atoms with E-state index in [9.17, 15) is 4.79 Å². The van der Waals surface area contributed by atoms with Crippen molar-refractivity contribution in [2.45, 2.75) is 12.3 Å². The van der Waals surface area contributed by atoms with E-state index in [0.717, 1.165) is 28.3 Å². The molecule has 0 unspecified atom stereocenters. The molecular formula is C20H16ClNO2. The number of furan rings is 1. The Balaban J connectivity index is 1.63. The largest absolute Gasteiger partial charge is 0.461 e. The Morgan fingerprint density at radius 2 is 1.79 bits per heavy atom. The number of benzene rings is 2. The average Bonchev–Trinajstić information content (AvgIpc) is 3.15. The molecule has 0 saturated heterocycles. The highest BCUT2D eigenvalue weighted by Gasteiger charge is 2.35. The van der Waals surface area contributed by atoms with Gasteiger partial charge in [-0.1, -0.05) is 41.9 Å². The Morgan fingerprint density at radius 3 is 2.62 bits per heavy atom. The maximum Gasteiger partial charge on any atom is 0.234 e. The number of rotatable bonds is 3. The second kappa shape index (κ2) is 5.84. The predicted molar refractivity (Wildman–Crippen MR) is 95.5 cm³/mol. The molecule has 0 bridgehead atoms. The van der Waals surface area contributed by atoms with E-state index >= 15 is 0 Å². The molecule has 120 valence electrons. The number of carbonyl (C=O) groups is 1. The molecule has 0 saturated carbocycles. The lowest BCUT2D eigenvalue weighted by Crippen LogP contribution is -2.24. The number of anilines is 1. The van der Waals surface area contributed by atoms with Gasteiger partial charge in [-0.05, 0) is 35.9 Å². The quantitative estimate of drug-likeness (QED) is 0.681. The Bertz CT molecular complexity index is 915. The molecule has 1 aromatic heterocycles. The molecule has 0 aliphatic carbocycles. The molecule has 1 amide bonds. The first kappa shape index (κ1) is 15.0. The monoisotopic (exact) mass is 337 g/mol. The van der Waals surface area contributed by atoms with Crippen LogP contribution in [0.4, 0.5) is 5.69 Å². The lowest BCUT2D eigenvalue weighted by molar-refractivity contribution is -0.119. The lowest BCUT2D eigenvalue weighted by Gasteiger charge is -2.10. The number of amides is 1. The number of hydrogen-bond donors (Lipinski definition) is 0. The van der Waals surface area contributed by atoms with Crippen LogP contribution in [0.5, 0.6) is 0 Å². The van der Waals surface area contributed by atoms with Crippen molar-refractivity contribution in [2.24, 2.45) is 0 Å². The summed E-state index contributed by atoms with van der Waals surface area (Å²) < 4.78 is 5.96. The van der Waals surface area contributed by atoms with Crippen LogP contribution in [-0.4, -0.2) is 13.0 Å². The van der Waals surface area contributed by atoms with Crippen molar-refractivity contribution >= 4 is 23.2 Å². The van der Waals surface area contributed by atoms with E-state index in [-0.39, 0.29) is 11.8 Å². The highest BCUT2D eigenvalue weighted by molar-refractivity contribution is 6.33. The zero-order valence-electron chi connectivity index (χ0n) is 13.2. The van der Waals surface area contributed by atoms with Gasteiger partial charge < -0.3 is 9.32 Å². The number of carbonyl (C=O) groups excluding carboxylic acids is 1. The molecule has 0 N–H and O–H groups in total. The summed E-state index contributed by atoms with van der Waals surface area (Å²) in [6, 6.07) is 19.3. The first-order valence-corrected chi connectivity index (χ1v) is 8.23.